The number of hydrogen-bond donors (Lipinski definition) is 3. The molecule has 0 amide bonds. The number of aromatic nitrogens is 1. The zero-order valence-electron chi connectivity index (χ0n) is 9.18. The number of nitrogens with two attached hydrogens (primary N) is 1. The smallest absolute Gasteiger partial charge is 0.188 e. The van der Waals surface area contributed by atoms with Crippen LogP contribution < -0.4 is 11.1 Å². The topological polar surface area (TPSA) is 83.5 Å². The van der Waals surface area contributed by atoms with Gasteiger partial charge >= 0.3 is 0 Å². The molecule has 0 aliphatic carbocycles. The molecule has 0 saturated carbocycles. The monoisotopic (exact) mass is 240 g/mol. The second kappa shape index (κ2) is 6.95. The quantitative estimate of drug-likeness (QED) is 0.398. The molecule has 0 saturated heterocycles. The third kappa shape index (κ3) is 4.39. The van der Waals surface area contributed by atoms with Crippen molar-refractivity contribution in [1.82, 2.24) is 10.3 Å². The molecule has 1 aromatic heterocycles. The van der Waals surface area contributed by atoms with Gasteiger partial charge in [-0.15, -0.1) is 0 Å². The van der Waals surface area contributed by atoms with Crippen LogP contribution in [0, 0.1) is 0 Å². The Bertz CT molecular complexity index is 356. The molecule has 0 fully saturated rings. The number of pyridine rings is 1. The van der Waals surface area contributed by atoms with Crippen LogP contribution in [0.1, 0.15) is 5.69 Å². The molecule has 1 heterocycles. The van der Waals surface area contributed by atoms with Gasteiger partial charge in [-0.3, -0.25) is 9.98 Å². The van der Waals surface area contributed by atoms with E-state index in [9.17, 15) is 5.11 Å². The van der Waals surface area contributed by atoms with Gasteiger partial charge in [0.2, 0.25) is 0 Å². The van der Waals surface area contributed by atoms with Crippen molar-refractivity contribution in [2.75, 3.05) is 19.3 Å². The van der Waals surface area contributed by atoms with Crippen LogP contribution in [0.4, 0.5) is 0 Å². The predicted octanol–water partition coefficient (Wildman–Crippen LogP) is 0.555. The number of aromatic hydroxyl groups is 1. The molecular weight excluding hydrogens is 224 g/mol. The van der Waals surface area contributed by atoms with E-state index in [0.29, 0.717) is 17.4 Å². The molecular formula is C10H16N4OS. The Morgan fingerprint density at radius 1 is 1.69 bits per heavy atom. The normalized spacial score (nSPS) is 11.4. The van der Waals surface area contributed by atoms with Gasteiger partial charge in [0.05, 0.1) is 5.69 Å². The van der Waals surface area contributed by atoms with Gasteiger partial charge in [-0.1, -0.05) is 0 Å². The van der Waals surface area contributed by atoms with Gasteiger partial charge in [0.25, 0.3) is 0 Å². The van der Waals surface area contributed by atoms with Crippen LogP contribution in [0.2, 0.25) is 0 Å². The first kappa shape index (κ1) is 12.6. The molecule has 1 rings (SSSR count). The van der Waals surface area contributed by atoms with Crippen LogP contribution in [-0.4, -0.2) is 35.4 Å². The van der Waals surface area contributed by atoms with Crippen molar-refractivity contribution in [3.05, 3.63) is 24.0 Å². The lowest BCUT2D eigenvalue weighted by molar-refractivity contribution is 0.467. The minimum absolute atomic E-state index is 0.248. The maximum absolute atomic E-state index is 9.46. The lowest BCUT2D eigenvalue weighted by Gasteiger charge is -2.05. The first-order chi connectivity index (χ1) is 7.74. The van der Waals surface area contributed by atoms with Gasteiger partial charge < -0.3 is 16.2 Å². The molecule has 1 aromatic rings. The first-order valence-corrected chi connectivity index (χ1v) is 6.06. The van der Waals surface area contributed by atoms with Crippen LogP contribution in [-0.2, 0) is 5.75 Å². The average Bonchev–Trinajstić information content (AvgIpc) is 2.30. The molecule has 0 radical (unpaired) electrons. The van der Waals surface area contributed by atoms with E-state index < -0.39 is 0 Å². The summed E-state index contributed by atoms with van der Waals surface area (Å²) in [6.07, 6.45) is 1.68. The van der Waals surface area contributed by atoms with Gasteiger partial charge in [0, 0.05) is 31.3 Å². The third-order valence-corrected chi connectivity index (χ3v) is 2.87. The fraction of sp³-hybridized carbons (Fsp3) is 0.400. The molecule has 0 unspecified atom stereocenters. The Morgan fingerprint density at radius 2 is 2.50 bits per heavy atom. The van der Waals surface area contributed by atoms with Crippen LogP contribution in [0.25, 0.3) is 0 Å². The van der Waals surface area contributed by atoms with Gasteiger partial charge in [-0.2, -0.15) is 11.8 Å². The van der Waals surface area contributed by atoms with Gasteiger partial charge in [-0.05, 0) is 12.1 Å². The summed E-state index contributed by atoms with van der Waals surface area (Å²) in [5.41, 5.74) is 6.18. The Kier molecular flexibility index (Phi) is 5.49. The Morgan fingerprint density at radius 3 is 3.19 bits per heavy atom. The zero-order valence-corrected chi connectivity index (χ0v) is 10.00. The summed E-state index contributed by atoms with van der Waals surface area (Å²) in [5.74, 6) is 2.27. The fourth-order valence-electron chi connectivity index (χ4n) is 1.04. The molecule has 4 N–H and O–H groups in total. The molecule has 6 heteroatoms. The second-order valence-corrected chi connectivity index (χ2v) is 4.16. The average molecular weight is 240 g/mol. The highest BCUT2D eigenvalue weighted by Gasteiger charge is 2.00. The van der Waals surface area contributed by atoms with Crippen molar-refractivity contribution < 1.29 is 5.11 Å². The van der Waals surface area contributed by atoms with Crippen molar-refractivity contribution in [3.8, 4) is 5.75 Å². The largest absolute Gasteiger partial charge is 0.506 e. The van der Waals surface area contributed by atoms with Gasteiger partial charge in [-0.25, -0.2) is 0 Å². The number of aliphatic imine (C=N–C) groups is 1. The molecule has 0 aromatic carbocycles. The van der Waals surface area contributed by atoms with Gasteiger partial charge in [0.1, 0.15) is 5.75 Å². The Hall–Kier alpha value is -1.43. The maximum atomic E-state index is 9.46. The second-order valence-electron chi connectivity index (χ2n) is 3.06. The third-order valence-electron chi connectivity index (χ3n) is 1.90. The lowest BCUT2D eigenvalue weighted by Crippen LogP contribution is -2.32. The first-order valence-electron chi connectivity index (χ1n) is 4.90. The van der Waals surface area contributed by atoms with E-state index in [-0.39, 0.29) is 5.75 Å². The summed E-state index contributed by atoms with van der Waals surface area (Å²) in [7, 11) is 1.64. The number of rotatable bonds is 5. The van der Waals surface area contributed by atoms with Gasteiger partial charge in [0.15, 0.2) is 5.96 Å². The molecule has 5 nitrogen and oxygen atoms in total. The van der Waals surface area contributed by atoms with E-state index in [2.05, 4.69) is 15.3 Å². The van der Waals surface area contributed by atoms with E-state index in [1.54, 1.807) is 37.1 Å². The van der Waals surface area contributed by atoms with Crippen LogP contribution >= 0.6 is 11.8 Å². The molecule has 16 heavy (non-hydrogen) atoms. The van der Waals surface area contributed by atoms with E-state index in [1.165, 1.54) is 0 Å². The molecule has 88 valence electrons. The Balaban J connectivity index is 2.19. The number of nitrogens with one attached hydrogen (secondary N) is 1. The van der Waals surface area contributed by atoms with E-state index in [0.717, 1.165) is 12.3 Å². The van der Waals surface area contributed by atoms with E-state index >= 15 is 0 Å². The summed E-state index contributed by atoms with van der Waals surface area (Å²) in [6, 6.07) is 3.35. The minimum Gasteiger partial charge on any atom is -0.506 e. The van der Waals surface area contributed by atoms with Crippen molar-refractivity contribution in [2.24, 2.45) is 10.7 Å². The standard InChI is InChI=1S/C10H16N4OS/c1-12-10(11)14-5-6-16-7-8-9(15)3-2-4-13-8/h2-4,15H,5-7H2,1H3,(H3,11,12,14). The molecule has 0 spiro atoms. The molecule has 0 aliphatic rings. The summed E-state index contributed by atoms with van der Waals surface area (Å²) < 4.78 is 0. The maximum Gasteiger partial charge on any atom is 0.188 e. The lowest BCUT2D eigenvalue weighted by atomic mass is 10.3. The number of thioether (sulfide) groups is 1. The summed E-state index contributed by atoms with van der Waals surface area (Å²) in [6.45, 7) is 0.751. The minimum atomic E-state index is 0.248. The molecule has 0 atom stereocenters. The van der Waals surface area contributed by atoms with E-state index in [1.807, 2.05) is 0 Å². The van der Waals surface area contributed by atoms with Crippen molar-refractivity contribution in [1.29, 1.82) is 0 Å². The summed E-state index contributed by atoms with van der Waals surface area (Å²) in [5, 5.41) is 12.4. The predicted molar refractivity (Wildman–Crippen MR) is 67.6 cm³/mol. The van der Waals surface area contributed by atoms with Crippen LogP contribution in [0.15, 0.2) is 23.3 Å². The molecule has 0 aliphatic heterocycles. The fourth-order valence-corrected chi connectivity index (χ4v) is 1.85. The van der Waals surface area contributed by atoms with Crippen LogP contribution in [0.3, 0.4) is 0 Å². The SMILES string of the molecule is CN=C(N)NCCSCc1ncccc1O. The number of guanidine groups is 1. The van der Waals surface area contributed by atoms with Crippen molar-refractivity contribution in [2.45, 2.75) is 5.75 Å². The number of hydrogen-bond acceptors (Lipinski definition) is 4. The highest BCUT2D eigenvalue weighted by molar-refractivity contribution is 7.98. The number of nitrogens with zero attached hydrogens (tertiary/aromatic N) is 2. The van der Waals surface area contributed by atoms with Crippen molar-refractivity contribution >= 4 is 17.7 Å². The van der Waals surface area contributed by atoms with Crippen molar-refractivity contribution in [3.63, 3.8) is 0 Å². The molecule has 0 bridgehead atoms. The van der Waals surface area contributed by atoms with Crippen LogP contribution in [0.5, 0.6) is 5.75 Å². The highest BCUT2D eigenvalue weighted by atomic mass is 32.2. The Labute approximate surface area is 99.2 Å². The summed E-state index contributed by atoms with van der Waals surface area (Å²) in [4.78, 5) is 7.87. The zero-order chi connectivity index (χ0) is 11.8. The highest BCUT2D eigenvalue weighted by Crippen LogP contribution is 2.18. The summed E-state index contributed by atoms with van der Waals surface area (Å²) >= 11 is 1.68. The van der Waals surface area contributed by atoms with E-state index in [4.69, 9.17) is 5.73 Å².